The quantitative estimate of drug-likeness (QED) is 0.763. The van der Waals surface area contributed by atoms with Crippen LogP contribution in [-0.2, 0) is 0 Å². The first-order chi connectivity index (χ1) is 9.00. The number of hydrogen-bond acceptors (Lipinski definition) is 1. The van der Waals surface area contributed by atoms with Crippen molar-refractivity contribution >= 4 is 0 Å². The van der Waals surface area contributed by atoms with Crippen LogP contribution in [0.15, 0.2) is 0 Å². The van der Waals surface area contributed by atoms with Gasteiger partial charge in [0.25, 0.3) is 0 Å². The summed E-state index contributed by atoms with van der Waals surface area (Å²) < 4.78 is 0. The maximum Gasteiger partial charge on any atom is 0.0146 e. The van der Waals surface area contributed by atoms with Crippen molar-refractivity contribution in [3.63, 3.8) is 0 Å². The molecule has 4 aliphatic rings. The number of rotatable bonds is 5. The Bertz CT molecular complexity index is 321. The van der Waals surface area contributed by atoms with E-state index in [1.807, 2.05) is 0 Å². The van der Waals surface area contributed by atoms with Gasteiger partial charge < -0.3 is 5.32 Å². The molecule has 4 saturated carbocycles. The van der Waals surface area contributed by atoms with E-state index in [9.17, 15) is 0 Å². The molecule has 4 atom stereocenters. The van der Waals surface area contributed by atoms with Gasteiger partial charge in [0.15, 0.2) is 0 Å². The normalized spacial score (nSPS) is 47.4. The maximum absolute atomic E-state index is 3.76. The Morgan fingerprint density at radius 3 is 2.26 bits per heavy atom. The molecule has 0 amide bonds. The van der Waals surface area contributed by atoms with Crippen LogP contribution in [0.4, 0.5) is 0 Å². The van der Waals surface area contributed by atoms with Gasteiger partial charge in [-0.3, -0.25) is 0 Å². The van der Waals surface area contributed by atoms with Crippen molar-refractivity contribution in [2.45, 2.75) is 78.2 Å². The molecule has 1 heteroatoms. The first-order valence-electron chi connectivity index (χ1n) is 8.67. The molecule has 0 aromatic heterocycles. The SMILES string of the molecule is CCCC(C)C(NC)C12CC3CC(CC(C)(C3)C1)C2. The lowest BCUT2D eigenvalue weighted by Crippen LogP contribution is -2.59. The Morgan fingerprint density at radius 1 is 1.16 bits per heavy atom. The van der Waals surface area contributed by atoms with Gasteiger partial charge in [0.2, 0.25) is 0 Å². The van der Waals surface area contributed by atoms with Crippen LogP contribution in [0.25, 0.3) is 0 Å². The zero-order valence-electron chi connectivity index (χ0n) is 13.5. The molecule has 110 valence electrons. The van der Waals surface area contributed by atoms with Crippen molar-refractivity contribution < 1.29 is 0 Å². The van der Waals surface area contributed by atoms with Gasteiger partial charge in [-0.05, 0) is 80.6 Å². The third-order valence-corrected chi connectivity index (χ3v) is 6.68. The summed E-state index contributed by atoms with van der Waals surface area (Å²) in [7, 11) is 2.22. The van der Waals surface area contributed by atoms with E-state index >= 15 is 0 Å². The van der Waals surface area contributed by atoms with Gasteiger partial charge in [-0.2, -0.15) is 0 Å². The Kier molecular flexibility index (Phi) is 3.48. The van der Waals surface area contributed by atoms with Crippen LogP contribution in [-0.4, -0.2) is 13.1 Å². The predicted molar refractivity (Wildman–Crippen MR) is 82.1 cm³/mol. The molecule has 4 rings (SSSR count). The van der Waals surface area contributed by atoms with Crippen molar-refractivity contribution in [3.05, 3.63) is 0 Å². The van der Waals surface area contributed by atoms with E-state index in [-0.39, 0.29) is 0 Å². The third-order valence-electron chi connectivity index (χ3n) is 6.68. The standard InChI is InChI=1S/C18H33N/c1-5-6-13(2)16(19-4)18-10-14-7-15(11-18)9-17(3,8-14)12-18/h13-16,19H,5-12H2,1-4H3. The molecular weight excluding hydrogens is 230 g/mol. The summed E-state index contributed by atoms with van der Waals surface area (Å²) in [5, 5.41) is 3.76. The van der Waals surface area contributed by atoms with Crippen molar-refractivity contribution in [3.8, 4) is 0 Å². The lowest BCUT2D eigenvalue weighted by molar-refractivity contribution is -0.124. The highest BCUT2D eigenvalue weighted by atomic mass is 14.9. The first kappa shape index (κ1) is 13.9. The zero-order valence-corrected chi connectivity index (χ0v) is 13.5. The van der Waals surface area contributed by atoms with Crippen LogP contribution < -0.4 is 5.32 Å². The van der Waals surface area contributed by atoms with Crippen molar-refractivity contribution in [2.75, 3.05) is 7.05 Å². The largest absolute Gasteiger partial charge is 0.316 e. The van der Waals surface area contributed by atoms with E-state index < -0.39 is 0 Å². The molecule has 1 nitrogen and oxygen atoms in total. The topological polar surface area (TPSA) is 12.0 Å². The van der Waals surface area contributed by atoms with Gasteiger partial charge in [-0.25, -0.2) is 0 Å². The molecule has 0 spiro atoms. The molecule has 0 aromatic rings. The van der Waals surface area contributed by atoms with Gasteiger partial charge in [0.05, 0.1) is 0 Å². The number of hydrogen-bond donors (Lipinski definition) is 1. The summed E-state index contributed by atoms with van der Waals surface area (Å²) in [6.07, 6.45) is 11.9. The summed E-state index contributed by atoms with van der Waals surface area (Å²) in [5.74, 6) is 2.95. The minimum atomic E-state index is 0.641. The van der Waals surface area contributed by atoms with Crippen molar-refractivity contribution in [1.82, 2.24) is 5.32 Å². The van der Waals surface area contributed by atoms with Gasteiger partial charge in [0, 0.05) is 6.04 Å². The molecule has 19 heavy (non-hydrogen) atoms. The van der Waals surface area contributed by atoms with Crippen LogP contribution in [0.3, 0.4) is 0 Å². The highest BCUT2D eigenvalue weighted by Crippen LogP contribution is 2.66. The molecule has 4 unspecified atom stereocenters. The summed E-state index contributed by atoms with van der Waals surface area (Å²) in [4.78, 5) is 0. The monoisotopic (exact) mass is 263 g/mol. The van der Waals surface area contributed by atoms with E-state index in [4.69, 9.17) is 0 Å². The van der Waals surface area contributed by atoms with Crippen LogP contribution in [0.1, 0.15) is 72.1 Å². The van der Waals surface area contributed by atoms with Crippen LogP contribution >= 0.6 is 0 Å². The molecule has 0 aliphatic heterocycles. The number of nitrogens with one attached hydrogen (secondary N) is 1. The molecule has 0 heterocycles. The Balaban J connectivity index is 1.85. The highest BCUT2D eigenvalue weighted by Gasteiger charge is 2.58. The molecule has 4 fully saturated rings. The van der Waals surface area contributed by atoms with Crippen molar-refractivity contribution in [2.24, 2.45) is 28.6 Å². The Morgan fingerprint density at radius 2 is 1.79 bits per heavy atom. The summed E-state index contributed by atoms with van der Waals surface area (Å²) >= 11 is 0. The van der Waals surface area contributed by atoms with Crippen LogP contribution in [0, 0.1) is 28.6 Å². The lowest BCUT2D eigenvalue weighted by Gasteiger charge is -2.64. The van der Waals surface area contributed by atoms with Gasteiger partial charge in [-0.15, -0.1) is 0 Å². The first-order valence-corrected chi connectivity index (χ1v) is 8.67. The average molecular weight is 263 g/mol. The fraction of sp³-hybridized carbons (Fsp3) is 1.00. The van der Waals surface area contributed by atoms with E-state index in [0.717, 1.165) is 23.8 Å². The van der Waals surface area contributed by atoms with E-state index in [1.165, 1.54) is 44.9 Å². The zero-order chi connectivity index (χ0) is 13.7. The minimum Gasteiger partial charge on any atom is -0.316 e. The molecular formula is C18H33N. The van der Waals surface area contributed by atoms with Crippen LogP contribution in [0.5, 0.6) is 0 Å². The average Bonchev–Trinajstić information content (AvgIpc) is 2.25. The second-order valence-electron chi connectivity index (χ2n) is 8.67. The highest BCUT2D eigenvalue weighted by molar-refractivity contribution is 5.10. The smallest absolute Gasteiger partial charge is 0.0146 e. The molecule has 0 aromatic carbocycles. The molecule has 0 saturated heterocycles. The third kappa shape index (κ3) is 2.26. The fourth-order valence-corrected chi connectivity index (χ4v) is 6.98. The minimum absolute atomic E-state index is 0.641. The second kappa shape index (κ2) is 4.76. The van der Waals surface area contributed by atoms with E-state index in [2.05, 4.69) is 33.1 Å². The molecule has 1 N–H and O–H groups in total. The predicted octanol–water partition coefficient (Wildman–Crippen LogP) is 4.62. The van der Waals surface area contributed by atoms with Crippen molar-refractivity contribution in [1.29, 1.82) is 0 Å². The van der Waals surface area contributed by atoms with E-state index in [0.29, 0.717) is 10.8 Å². The van der Waals surface area contributed by atoms with Gasteiger partial charge in [0.1, 0.15) is 0 Å². The molecule has 4 aliphatic carbocycles. The summed E-state index contributed by atoms with van der Waals surface area (Å²) in [5.41, 5.74) is 1.33. The van der Waals surface area contributed by atoms with E-state index in [1.54, 1.807) is 6.42 Å². The molecule has 0 radical (unpaired) electrons. The fourth-order valence-electron chi connectivity index (χ4n) is 6.98. The van der Waals surface area contributed by atoms with Gasteiger partial charge in [-0.1, -0.05) is 27.2 Å². The van der Waals surface area contributed by atoms with Gasteiger partial charge >= 0.3 is 0 Å². The van der Waals surface area contributed by atoms with Crippen LogP contribution in [0.2, 0.25) is 0 Å². The summed E-state index contributed by atoms with van der Waals surface area (Å²) in [6, 6.07) is 0.762. The Labute approximate surface area is 119 Å². The second-order valence-corrected chi connectivity index (χ2v) is 8.67. The summed E-state index contributed by atoms with van der Waals surface area (Å²) in [6.45, 7) is 7.42. The maximum atomic E-state index is 3.76. The Hall–Kier alpha value is -0.0400. The molecule has 4 bridgehead atoms. The lowest BCUT2D eigenvalue weighted by atomic mass is 9.42.